The molecule has 2 rings (SSSR count). The highest BCUT2D eigenvalue weighted by atomic mass is 35.7. The first-order valence-corrected chi connectivity index (χ1v) is 10.6. The smallest absolute Gasteiger partial charge is 0.146 e. The average Bonchev–Trinajstić information content (AvgIpc) is 2.28. The van der Waals surface area contributed by atoms with Crippen LogP contribution in [-0.4, -0.2) is 6.69 Å². The molecule has 0 aliphatic rings. The van der Waals surface area contributed by atoms with Crippen molar-refractivity contribution in [2.24, 2.45) is 0 Å². The molecule has 90 valence electrons. The number of hydrogen-bond acceptors (Lipinski definition) is 0. The van der Waals surface area contributed by atoms with Gasteiger partial charge >= 0.3 is 0 Å². The maximum absolute atomic E-state index is 6.12. The summed E-state index contributed by atoms with van der Waals surface area (Å²) in [5, 5.41) is 2.66. The first-order valence-electron chi connectivity index (χ1n) is 5.91. The molecule has 17 heavy (non-hydrogen) atoms. The van der Waals surface area contributed by atoms with Gasteiger partial charge < -0.3 is 0 Å². The molecule has 0 N–H and O–H groups in total. The van der Waals surface area contributed by atoms with E-state index in [2.05, 4.69) is 42.5 Å². The Kier molecular flexibility index (Phi) is 4.13. The number of halogens is 2. The third-order valence-corrected chi connectivity index (χ3v) is 5.31. The van der Waals surface area contributed by atoms with Crippen LogP contribution in [0.3, 0.4) is 0 Å². The van der Waals surface area contributed by atoms with Crippen molar-refractivity contribution in [3.05, 3.63) is 48.0 Å². The van der Waals surface area contributed by atoms with E-state index >= 15 is 0 Å². The summed E-state index contributed by atoms with van der Waals surface area (Å²) in [6.45, 7) is 0.0512. The Morgan fingerprint density at radius 1 is 1.00 bits per heavy atom. The van der Waals surface area contributed by atoms with Gasteiger partial charge in [0.05, 0.1) is 0 Å². The first kappa shape index (κ1) is 12.9. The molecule has 0 aromatic heterocycles. The monoisotopic (exact) mass is 282 g/mol. The van der Waals surface area contributed by atoms with Crippen LogP contribution in [0, 0.1) is 0 Å². The van der Waals surface area contributed by atoms with Crippen molar-refractivity contribution in [3.8, 4) is 0 Å². The molecule has 2 aromatic rings. The second-order valence-electron chi connectivity index (χ2n) is 4.56. The Bertz CT molecular complexity index is 498. The van der Waals surface area contributed by atoms with Crippen LogP contribution in [-0.2, 0) is 6.42 Å². The summed E-state index contributed by atoms with van der Waals surface area (Å²) < 4.78 is 0. The Morgan fingerprint density at radius 3 is 2.47 bits per heavy atom. The normalized spacial score (nSPS) is 11.9. The van der Waals surface area contributed by atoms with Gasteiger partial charge in [0.1, 0.15) is 0 Å². The van der Waals surface area contributed by atoms with Crippen molar-refractivity contribution in [2.75, 3.05) is 0 Å². The van der Waals surface area contributed by atoms with Crippen molar-refractivity contribution in [2.45, 2.75) is 25.4 Å². The van der Waals surface area contributed by atoms with Crippen LogP contribution in [0.25, 0.3) is 10.8 Å². The Labute approximate surface area is 113 Å². The molecule has 0 radical (unpaired) electrons. The lowest BCUT2D eigenvalue weighted by molar-refractivity contribution is 0.918. The van der Waals surface area contributed by atoms with E-state index in [0.29, 0.717) is 0 Å². The molecule has 0 spiro atoms. The Balaban J connectivity index is 2.13. The minimum absolute atomic E-state index is 0.958. The van der Waals surface area contributed by atoms with Crippen LogP contribution in [0.2, 0.25) is 12.6 Å². The molecule has 0 saturated heterocycles. The molecule has 0 unspecified atom stereocenters. The predicted octanol–water partition coefficient (Wildman–Crippen LogP) is 5.32. The fourth-order valence-corrected chi connectivity index (χ4v) is 3.70. The highest BCUT2D eigenvalue weighted by Crippen LogP contribution is 2.25. The zero-order chi connectivity index (χ0) is 12.3. The lowest BCUT2D eigenvalue weighted by atomic mass is 10.0. The zero-order valence-corrected chi connectivity index (χ0v) is 12.4. The molecular formula is C14H16Cl2Si. The van der Waals surface area contributed by atoms with Crippen molar-refractivity contribution < 1.29 is 0 Å². The van der Waals surface area contributed by atoms with Gasteiger partial charge in [-0.2, -0.15) is 0 Å². The van der Waals surface area contributed by atoms with E-state index in [-0.39, 0.29) is 0 Å². The summed E-state index contributed by atoms with van der Waals surface area (Å²) in [7, 11) is 0. The van der Waals surface area contributed by atoms with Gasteiger partial charge in [-0.05, 0) is 41.8 Å². The van der Waals surface area contributed by atoms with Gasteiger partial charge in [0.15, 0.2) is 0 Å². The third kappa shape index (κ3) is 3.73. The molecule has 0 aliphatic carbocycles. The topological polar surface area (TPSA) is 0 Å². The number of benzene rings is 2. The average molecular weight is 283 g/mol. The fraction of sp³-hybridized carbons (Fsp3) is 0.286. The van der Waals surface area contributed by atoms with Gasteiger partial charge in [0.2, 0.25) is 6.69 Å². The molecule has 0 atom stereocenters. The molecule has 0 fully saturated rings. The molecule has 0 heterocycles. The van der Waals surface area contributed by atoms with Crippen molar-refractivity contribution in [1.82, 2.24) is 0 Å². The first-order chi connectivity index (χ1) is 8.06. The van der Waals surface area contributed by atoms with Crippen LogP contribution in [0.1, 0.15) is 12.0 Å². The van der Waals surface area contributed by atoms with Crippen molar-refractivity contribution >= 4 is 39.6 Å². The Morgan fingerprint density at radius 2 is 1.71 bits per heavy atom. The molecular weight excluding hydrogens is 267 g/mol. The van der Waals surface area contributed by atoms with Crippen LogP contribution in [0.5, 0.6) is 0 Å². The number of aryl methyl sites for hydroxylation is 1. The minimum Gasteiger partial charge on any atom is -0.146 e. The van der Waals surface area contributed by atoms with E-state index in [9.17, 15) is 0 Å². The standard InChI is InChI=1S/C14H16Cl2Si/c1-17(15,16)11-5-9-13-8-4-7-12-6-2-3-10-14(12)13/h2-4,6-8,10H,5,9,11H2,1H3. The SMILES string of the molecule is C[Si](Cl)(Cl)CCCc1cccc2ccccc12. The molecule has 3 heteroatoms. The lowest BCUT2D eigenvalue weighted by Crippen LogP contribution is -2.12. The fourth-order valence-electron chi connectivity index (χ4n) is 2.10. The number of hydrogen-bond donors (Lipinski definition) is 0. The second kappa shape index (κ2) is 5.43. The van der Waals surface area contributed by atoms with Crippen LogP contribution in [0.15, 0.2) is 42.5 Å². The quantitative estimate of drug-likeness (QED) is 0.526. The van der Waals surface area contributed by atoms with Crippen molar-refractivity contribution in [1.29, 1.82) is 0 Å². The van der Waals surface area contributed by atoms with Crippen molar-refractivity contribution in [3.63, 3.8) is 0 Å². The van der Waals surface area contributed by atoms with E-state index in [1.54, 1.807) is 0 Å². The molecule has 0 nitrogen and oxygen atoms in total. The molecule has 2 aromatic carbocycles. The summed E-state index contributed by atoms with van der Waals surface area (Å²) in [6, 6.07) is 15.9. The van der Waals surface area contributed by atoms with Gasteiger partial charge in [0, 0.05) is 0 Å². The third-order valence-electron chi connectivity index (χ3n) is 2.94. The van der Waals surface area contributed by atoms with Crippen LogP contribution < -0.4 is 0 Å². The van der Waals surface area contributed by atoms with Crippen LogP contribution >= 0.6 is 22.2 Å². The molecule has 0 bridgehead atoms. The lowest BCUT2D eigenvalue weighted by Gasteiger charge is -2.10. The van der Waals surface area contributed by atoms with E-state index in [1.165, 1.54) is 16.3 Å². The minimum atomic E-state index is -1.93. The van der Waals surface area contributed by atoms with E-state index in [4.69, 9.17) is 22.2 Å². The van der Waals surface area contributed by atoms with Gasteiger partial charge in [-0.25, -0.2) is 0 Å². The molecule has 0 amide bonds. The van der Waals surface area contributed by atoms with Crippen LogP contribution in [0.4, 0.5) is 0 Å². The van der Waals surface area contributed by atoms with Gasteiger partial charge in [-0.3, -0.25) is 0 Å². The summed E-state index contributed by atoms with van der Waals surface area (Å²) in [5.41, 5.74) is 1.40. The summed E-state index contributed by atoms with van der Waals surface area (Å²) in [5.74, 6) is 0. The highest BCUT2D eigenvalue weighted by Gasteiger charge is 2.19. The molecule has 0 saturated carbocycles. The molecule has 0 aliphatic heterocycles. The maximum atomic E-state index is 6.12. The maximum Gasteiger partial charge on any atom is 0.248 e. The summed E-state index contributed by atoms with van der Waals surface area (Å²) >= 11 is 12.2. The zero-order valence-electron chi connectivity index (χ0n) is 9.92. The van der Waals surface area contributed by atoms with Gasteiger partial charge in [-0.15, -0.1) is 22.2 Å². The highest BCUT2D eigenvalue weighted by molar-refractivity contribution is 7.44. The van der Waals surface area contributed by atoms with Gasteiger partial charge in [-0.1, -0.05) is 42.5 Å². The van der Waals surface area contributed by atoms with E-state index in [0.717, 1.165) is 18.9 Å². The summed E-state index contributed by atoms with van der Waals surface area (Å²) in [4.78, 5) is 0. The Hall–Kier alpha value is -0.503. The predicted molar refractivity (Wildman–Crippen MR) is 80.4 cm³/mol. The largest absolute Gasteiger partial charge is 0.248 e. The van der Waals surface area contributed by atoms with E-state index in [1.807, 2.05) is 6.55 Å². The second-order valence-corrected chi connectivity index (χ2v) is 12.8. The number of fused-ring (bicyclic) bond motifs is 1. The van der Waals surface area contributed by atoms with E-state index < -0.39 is 6.69 Å². The van der Waals surface area contributed by atoms with Gasteiger partial charge in [0.25, 0.3) is 0 Å². The summed E-state index contributed by atoms with van der Waals surface area (Å²) in [6.07, 6.45) is 2.13. The number of rotatable bonds is 4.